The maximum Gasteiger partial charge on any atom is 0.348 e. The van der Waals surface area contributed by atoms with Crippen LogP contribution in [0.2, 0.25) is 0 Å². The lowest BCUT2D eigenvalue weighted by atomic mass is 9.91. The lowest BCUT2D eigenvalue weighted by Crippen LogP contribution is -2.29. The summed E-state index contributed by atoms with van der Waals surface area (Å²) in [4.78, 5) is 25.4. The number of nitriles is 1. The van der Waals surface area contributed by atoms with Gasteiger partial charge in [0.15, 0.2) is 6.61 Å². The van der Waals surface area contributed by atoms with Crippen LogP contribution in [0.25, 0.3) is 10.4 Å². The number of hydrogen-bond acceptors (Lipinski definition) is 6. The van der Waals surface area contributed by atoms with Crippen LogP contribution in [0.1, 0.15) is 27.2 Å². The van der Waals surface area contributed by atoms with Crippen molar-refractivity contribution in [2.45, 2.75) is 19.3 Å². The molecule has 1 aliphatic rings. The lowest BCUT2D eigenvalue weighted by Gasteiger charge is -2.16. The smallest absolute Gasteiger partial charge is 0.348 e. The van der Waals surface area contributed by atoms with Gasteiger partial charge in [0.1, 0.15) is 10.6 Å². The molecule has 1 amide bonds. The first-order valence-corrected chi connectivity index (χ1v) is 9.04. The lowest BCUT2D eigenvalue weighted by molar-refractivity contribution is -0.124. The summed E-state index contributed by atoms with van der Waals surface area (Å²) in [6.07, 6.45) is 1.97. The molecular formula is C19H18N2O4S. The number of thiophene rings is 1. The largest absolute Gasteiger partial charge is 0.497 e. The van der Waals surface area contributed by atoms with E-state index in [4.69, 9.17) is 14.7 Å². The molecule has 0 spiro atoms. The summed E-state index contributed by atoms with van der Waals surface area (Å²) < 4.78 is 10.4. The van der Waals surface area contributed by atoms with Crippen LogP contribution in [0, 0.1) is 11.3 Å². The topological polar surface area (TPSA) is 88.4 Å². The number of methoxy groups -OCH3 is 1. The number of amides is 1. The summed E-state index contributed by atoms with van der Waals surface area (Å²) in [7, 11) is 1.64. The molecule has 2 aromatic rings. The number of fused-ring (bicyclic) bond motifs is 3. The molecule has 0 aliphatic heterocycles. The van der Waals surface area contributed by atoms with Crippen molar-refractivity contribution >= 4 is 23.2 Å². The first-order chi connectivity index (χ1) is 12.6. The van der Waals surface area contributed by atoms with E-state index in [0.717, 1.165) is 34.6 Å². The van der Waals surface area contributed by atoms with Crippen LogP contribution in [0.4, 0.5) is 0 Å². The summed E-state index contributed by atoms with van der Waals surface area (Å²) in [6.45, 7) is -0.0962. The number of rotatable bonds is 6. The molecule has 1 heterocycles. The molecule has 6 nitrogen and oxygen atoms in total. The van der Waals surface area contributed by atoms with Crippen LogP contribution in [0.15, 0.2) is 24.3 Å². The Hall–Kier alpha value is -2.85. The monoisotopic (exact) mass is 370 g/mol. The van der Waals surface area contributed by atoms with Gasteiger partial charge in [0.2, 0.25) is 0 Å². The predicted octanol–water partition coefficient (Wildman–Crippen LogP) is 2.71. The Bertz CT molecular complexity index is 882. The van der Waals surface area contributed by atoms with Gasteiger partial charge in [-0.1, -0.05) is 0 Å². The molecule has 0 unspecified atom stereocenters. The highest BCUT2D eigenvalue weighted by molar-refractivity contribution is 7.17. The van der Waals surface area contributed by atoms with Crippen LogP contribution in [0.3, 0.4) is 0 Å². The second-order valence-corrected chi connectivity index (χ2v) is 6.87. The molecule has 7 heteroatoms. The second-order valence-electron chi connectivity index (χ2n) is 5.82. The van der Waals surface area contributed by atoms with Crippen molar-refractivity contribution in [2.24, 2.45) is 0 Å². The fourth-order valence-corrected chi connectivity index (χ4v) is 4.01. The minimum absolute atomic E-state index is 0.224. The molecule has 0 bridgehead atoms. The van der Waals surface area contributed by atoms with Crippen molar-refractivity contribution in [3.63, 3.8) is 0 Å². The van der Waals surface area contributed by atoms with E-state index >= 15 is 0 Å². The molecule has 0 atom stereocenters. The number of nitrogens with zero attached hydrogens (tertiary/aromatic N) is 1. The Morgan fingerprint density at radius 2 is 2.08 bits per heavy atom. The van der Waals surface area contributed by atoms with Crippen LogP contribution >= 0.6 is 11.3 Å². The van der Waals surface area contributed by atoms with E-state index in [-0.39, 0.29) is 19.6 Å². The third-order valence-electron chi connectivity index (χ3n) is 4.12. The van der Waals surface area contributed by atoms with Crippen molar-refractivity contribution < 1.29 is 19.1 Å². The van der Waals surface area contributed by atoms with Gasteiger partial charge >= 0.3 is 5.97 Å². The van der Waals surface area contributed by atoms with Crippen LogP contribution in [-0.4, -0.2) is 32.1 Å². The fourth-order valence-electron chi connectivity index (χ4n) is 2.85. The van der Waals surface area contributed by atoms with Crippen LogP contribution in [0.5, 0.6) is 5.75 Å². The van der Waals surface area contributed by atoms with E-state index in [1.54, 1.807) is 7.11 Å². The molecule has 0 saturated heterocycles. The van der Waals surface area contributed by atoms with Crippen molar-refractivity contribution in [1.82, 2.24) is 5.32 Å². The van der Waals surface area contributed by atoms with Crippen molar-refractivity contribution in [2.75, 3.05) is 20.3 Å². The average molecular weight is 370 g/mol. The summed E-state index contributed by atoms with van der Waals surface area (Å²) in [5.41, 5.74) is 3.44. The summed E-state index contributed by atoms with van der Waals surface area (Å²) in [5, 5.41) is 10.9. The zero-order valence-electron chi connectivity index (χ0n) is 14.3. The van der Waals surface area contributed by atoms with E-state index in [1.807, 2.05) is 30.3 Å². The average Bonchev–Trinajstić information content (AvgIpc) is 3.10. The standard InChI is InChI=1S/C19H18N2O4S/c1-24-14-5-6-15-12(9-14)3-4-13-10-16(26-18(13)15)19(23)25-11-17(22)21-8-2-7-20/h5-6,9-10H,2-4,8,11H2,1H3,(H,21,22). The zero-order valence-corrected chi connectivity index (χ0v) is 15.1. The predicted molar refractivity (Wildman–Crippen MR) is 97.2 cm³/mol. The molecule has 1 aliphatic carbocycles. The summed E-state index contributed by atoms with van der Waals surface area (Å²) in [5.74, 6) is -0.0898. The number of carbonyl (C=O) groups excluding carboxylic acids is 2. The molecule has 0 saturated carbocycles. The van der Waals surface area contributed by atoms with Crippen molar-refractivity contribution in [3.8, 4) is 22.3 Å². The Labute approximate surface area is 155 Å². The maximum atomic E-state index is 12.2. The van der Waals surface area contributed by atoms with Gasteiger partial charge in [-0.25, -0.2) is 4.79 Å². The quantitative estimate of drug-likeness (QED) is 0.624. The number of nitrogens with one attached hydrogen (secondary N) is 1. The number of carbonyl (C=O) groups is 2. The Morgan fingerprint density at radius 1 is 1.27 bits per heavy atom. The van der Waals surface area contributed by atoms with E-state index in [2.05, 4.69) is 5.32 Å². The Morgan fingerprint density at radius 3 is 2.85 bits per heavy atom. The van der Waals surface area contributed by atoms with Crippen molar-refractivity contribution in [1.29, 1.82) is 5.26 Å². The Balaban J connectivity index is 1.68. The molecule has 26 heavy (non-hydrogen) atoms. The maximum absolute atomic E-state index is 12.2. The highest BCUT2D eigenvalue weighted by Crippen LogP contribution is 2.40. The minimum atomic E-state index is -0.505. The van der Waals surface area contributed by atoms with Gasteiger partial charge in [-0.15, -0.1) is 11.3 Å². The third-order valence-corrected chi connectivity index (χ3v) is 5.31. The van der Waals surface area contributed by atoms with Gasteiger partial charge in [0, 0.05) is 11.4 Å². The number of hydrogen-bond donors (Lipinski definition) is 1. The van der Waals surface area contributed by atoms with Gasteiger partial charge in [-0.2, -0.15) is 5.26 Å². The summed E-state index contributed by atoms with van der Waals surface area (Å²) >= 11 is 1.38. The molecule has 1 N–H and O–H groups in total. The normalized spacial score (nSPS) is 11.7. The molecule has 1 aromatic heterocycles. The van der Waals surface area contributed by atoms with E-state index in [9.17, 15) is 9.59 Å². The highest BCUT2D eigenvalue weighted by atomic mass is 32.1. The second kappa shape index (κ2) is 8.02. The minimum Gasteiger partial charge on any atom is -0.497 e. The van der Waals surface area contributed by atoms with Gasteiger partial charge in [-0.3, -0.25) is 4.79 Å². The van der Waals surface area contributed by atoms with Gasteiger partial charge in [0.25, 0.3) is 5.91 Å². The number of aryl methyl sites for hydroxylation is 2. The van der Waals surface area contributed by atoms with E-state index in [0.29, 0.717) is 4.88 Å². The van der Waals surface area contributed by atoms with E-state index in [1.165, 1.54) is 16.9 Å². The van der Waals surface area contributed by atoms with Crippen LogP contribution < -0.4 is 10.1 Å². The van der Waals surface area contributed by atoms with E-state index < -0.39 is 11.9 Å². The number of benzene rings is 1. The number of esters is 1. The van der Waals surface area contributed by atoms with Crippen LogP contribution in [-0.2, 0) is 22.4 Å². The summed E-state index contributed by atoms with van der Waals surface area (Å²) in [6, 6.07) is 9.74. The number of ether oxygens (including phenoxy) is 2. The Kier molecular flexibility index (Phi) is 5.54. The van der Waals surface area contributed by atoms with Gasteiger partial charge < -0.3 is 14.8 Å². The molecule has 3 rings (SSSR count). The zero-order chi connectivity index (χ0) is 18.5. The molecule has 0 fully saturated rings. The molecular weight excluding hydrogens is 352 g/mol. The first-order valence-electron chi connectivity index (χ1n) is 8.23. The highest BCUT2D eigenvalue weighted by Gasteiger charge is 2.23. The van der Waals surface area contributed by atoms with Gasteiger partial charge in [-0.05, 0) is 53.8 Å². The fraction of sp³-hybridized carbons (Fsp3) is 0.316. The molecule has 0 radical (unpaired) electrons. The molecule has 134 valence electrons. The SMILES string of the molecule is COc1ccc2c(c1)CCc1cc(C(=O)OCC(=O)NCCC#N)sc1-2. The van der Waals surface area contributed by atoms with Crippen molar-refractivity contribution in [3.05, 3.63) is 40.3 Å². The first kappa shape index (κ1) is 18.0. The third kappa shape index (κ3) is 3.86. The molecule has 1 aromatic carbocycles. The van der Waals surface area contributed by atoms with Gasteiger partial charge in [0.05, 0.1) is 19.6 Å².